The summed E-state index contributed by atoms with van der Waals surface area (Å²) in [5, 5.41) is 8.05. The highest BCUT2D eigenvalue weighted by Crippen LogP contribution is 2.22. The van der Waals surface area contributed by atoms with Crippen molar-refractivity contribution in [3.05, 3.63) is 47.4 Å². The fourth-order valence-electron chi connectivity index (χ4n) is 2.61. The van der Waals surface area contributed by atoms with Crippen molar-refractivity contribution >= 4 is 35.0 Å². The maximum Gasteiger partial charge on any atom is 0.285 e. The lowest BCUT2D eigenvalue weighted by Crippen LogP contribution is -2.24. The fourth-order valence-corrected chi connectivity index (χ4v) is 2.61. The van der Waals surface area contributed by atoms with Crippen LogP contribution >= 0.6 is 12.4 Å². The molecule has 1 N–H and O–H groups in total. The van der Waals surface area contributed by atoms with Crippen LogP contribution in [0.5, 0.6) is 0 Å². The summed E-state index contributed by atoms with van der Waals surface area (Å²) < 4.78 is 6.72. The number of halogens is 1. The third-order valence-electron chi connectivity index (χ3n) is 3.70. The molecule has 8 heteroatoms. The smallest absolute Gasteiger partial charge is 0.285 e. The van der Waals surface area contributed by atoms with Crippen molar-refractivity contribution in [3.8, 4) is 0 Å². The van der Waals surface area contributed by atoms with E-state index in [1.807, 2.05) is 28.8 Å². The predicted octanol–water partition coefficient (Wildman–Crippen LogP) is 1.92. The number of nitrogens with zero attached hydrogens (tertiary/aromatic N) is 4. The predicted molar refractivity (Wildman–Crippen MR) is 86.6 cm³/mol. The van der Waals surface area contributed by atoms with Crippen LogP contribution in [0.2, 0.25) is 0 Å². The summed E-state index contributed by atoms with van der Waals surface area (Å²) in [7, 11) is 0. The second-order valence-corrected chi connectivity index (χ2v) is 5.09. The van der Waals surface area contributed by atoms with Gasteiger partial charge in [-0.15, -0.1) is 12.4 Å². The van der Waals surface area contributed by atoms with Gasteiger partial charge in [-0.25, -0.2) is 4.98 Å². The lowest BCUT2D eigenvalue weighted by Gasteiger charge is -2.07. The van der Waals surface area contributed by atoms with Gasteiger partial charge in [-0.1, -0.05) is 17.3 Å². The van der Waals surface area contributed by atoms with Crippen molar-refractivity contribution in [1.29, 1.82) is 0 Å². The van der Waals surface area contributed by atoms with Crippen LogP contribution in [0.25, 0.3) is 10.9 Å². The molecule has 0 radical (unpaired) electrons. The maximum atomic E-state index is 12.3. The Morgan fingerprint density at radius 1 is 1.39 bits per heavy atom. The Balaban J connectivity index is 0.00000156. The van der Waals surface area contributed by atoms with Crippen LogP contribution in [0, 0.1) is 6.92 Å². The van der Waals surface area contributed by atoms with Gasteiger partial charge in [-0.2, -0.15) is 4.99 Å². The molecule has 0 atom stereocenters. The number of rotatable bonds is 1. The van der Waals surface area contributed by atoms with E-state index in [0.717, 1.165) is 29.8 Å². The number of carbonyl (C=O) groups is 1. The van der Waals surface area contributed by atoms with Gasteiger partial charge < -0.3 is 9.84 Å². The number of fused-ring (bicyclic) bond motifs is 3. The first-order valence-corrected chi connectivity index (χ1v) is 6.97. The normalized spacial score (nSPS) is 13.5. The van der Waals surface area contributed by atoms with E-state index in [0.29, 0.717) is 16.9 Å². The second kappa shape index (κ2) is 5.85. The number of amides is 1. The van der Waals surface area contributed by atoms with Crippen LogP contribution < -0.4 is 10.9 Å². The van der Waals surface area contributed by atoms with E-state index in [1.165, 1.54) is 6.26 Å². The standard InChI is InChI=1S/C15H13N5O2.ClH/c1-9-11(8-22-19-9)14(21)18-15-17-12-5-3-2-4-10(12)13-16-6-7-20(13)15;/h2-5,8,16H,6-7H2,1H3;1H. The molecule has 118 valence electrons. The molecule has 3 heterocycles. The molecule has 1 aliphatic heterocycles. The summed E-state index contributed by atoms with van der Waals surface area (Å²) in [6.45, 7) is 3.22. The van der Waals surface area contributed by atoms with E-state index in [9.17, 15) is 4.79 Å². The molecule has 1 amide bonds. The molecule has 0 unspecified atom stereocenters. The molecule has 1 aliphatic rings. The fraction of sp³-hybridized carbons (Fsp3) is 0.200. The van der Waals surface area contributed by atoms with Gasteiger partial charge in [0.2, 0.25) is 5.62 Å². The first kappa shape index (κ1) is 15.2. The number of nitrogens with one attached hydrogen (secondary N) is 1. The van der Waals surface area contributed by atoms with Crippen molar-refractivity contribution in [2.75, 3.05) is 11.9 Å². The minimum absolute atomic E-state index is 0. The van der Waals surface area contributed by atoms with Crippen molar-refractivity contribution in [3.63, 3.8) is 0 Å². The average Bonchev–Trinajstić information content (AvgIpc) is 3.16. The third-order valence-corrected chi connectivity index (χ3v) is 3.70. The zero-order valence-electron chi connectivity index (χ0n) is 12.3. The summed E-state index contributed by atoms with van der Waals surface area (Å²) in [5.74, 6) is 0.544. The first-order valence-electron chi connectivity index (χ1n) is 6.97. The van der Waals surface area contributed by atoms with E-state index < -0.39 is 5.91 Å². The highest BCUT2D eigenvalue weighted by molar-refractivity contribution is 5.95. The Kier molecular flexibility index (Phi) is 3.87. The van der Waals surface area contributed by atoms with Crippen molar-refractivity contribution in [2.45, 2.75) is 13.5 Å². The Morgan fingerprint density at radius 2 is 2.22 bits per heavy atom. The van der Waals surface area contributed by atoms with Crippen LogP contribution in [-0.2, 0) is 6.54 Å². The Labute approximate surface area is 137 Å². The summed E-state index contributed by atoms with van der Waals surface area (Å²) >= 11 is 0. The first-order chi connectivity index (χ1) is 10.7. The molecular weight excluding hydrogens is 318 g/mol. The van der Waals surface area contributed by atoms with Gasteiger partial charge in [0.25, 0.3) is 5.91 Å². The Bertz CT molecular complexity index is 960. The molecule has 0 bridgehead atoms. The van der Waals surface area contributed by atoms with Crippen molar-refractivity contribution in [2.24, 2.45) is 4.99 Å². The molecule has 3 aromatic rings. The number of anilines is 1. The molecule has 0 fully saturated rings. The van der Waals surface area contributed by atoms with Crippen LogP contribution in [0.1, 0.15) is 16.1 Å². The van der Waals surface area contributed by atoms with E-state index in [2.05, 4.69) is 20.4 Å². The van der Waals surface area contributed by atoms with Gasteiger partial charge in [0, 0.05) is 18.5 Å². The van der Waals surface area contributed by atoms with Crippen LogP contribution in [0.3, 0.4) is 0 Å². The average molecular weight is 332 g/mol. The maximum absolute atomic E-state index is 12.3. The highest BCUT2D eigenvalue weighted by atomic mass is 35.5. The second-order valence-electron chi connectivity index (χ2n) is 5.09. The SMILES string of the molecule is Cc1nocc1C(=O)N=c1nc2ccccc2c2n1CCN2.Cl. The minimum atomic E-state index is -0.400. The lowest BCUT2D eigenvalue weighted by atomic mass is 10.2. The molecule has 1 aromatic carbocycles. The lowest BCUT2D eigenvalue weighted by molar-refractivity contribution is 0.0995. The van der Waals surface area contributed by atoms with Gasteiger partial charge >= 0.3 is 0 Å². The molecule has 7 nitrogen and oxygen atoms in total. The van der Waals surface area contributed by atoms with Crippen LogP contribution in [-0.4, -0.2) is 27.2 Å². The summed E-state index contributed by atoms with van der Waals surface area (Å²) in [4.78, 5) is 21.0. The molecule has 2 aromatic heterocycles. The Morgan fingerprint density at radius 3 is 3.00 bits per heavy atom. The molecule has 23 heavy (non-hydrogen) atoms. The molecule has 0 saturated carbocycles. The van der Waals surface area contributed by atoms with Gasteiger partial charge in [0.15, 0.2) is 0 Å². The Hall–Kier alpha value is -2.67. The van der Waals surface area contributed by atoms with Crippen molar-refractivity contribution < 1.29 is 9.32 Å². The van der Waals surface area contributed by atoms with Crippen molar-refractivity contribution in [1.82, 2.24) is 14.7 Å². The number of hydrogen-bond acceptors (Lipinski definition) is 5. The molecule has 0 aliphatic carbocycles. The highest BCUT2D eigenvalue weighted by Gasteiger charge is 2.17. The van der Waals surface area contributed by atoms with E-state index in [4.69, 9.17) is 4.52 Å². The molecule has 0 spiro atoms. The molecule has 4 rings (SSSR count). The van der Waals surface area contributed by atoms with E-state index >= 15 is 0 Å². The summed E-state index contributed by atoms with van der Waals surface area (Å²) in [5.41, 5.74) is 2.07. The number of aryl methyl sites for hydroxylation is 1. The van der Waals surface area contributed by atoms with E-state index in [1.54, 1.807) is 6.92 Å². The molecule has 0 saturated heterocycles. The minimum Gasteiger partial charge on any atom is -0.369 e. The van der Waals surface area contributed by atoms with Gasteiger partial charge in [0.1, 0.15) is 17.6 Å². The van der Waals surface area contributed by atoms with Crippen LogP contribution in [0.15, 0.2) is 40.0 Å². The molecular formula is C15H14ClN5O2. The summed E-state index contributed by atoms with van der Waals surface area (Å²) in [6, 6.07) is 7.79. The zero-order valence-corrected chi connectivity index (χ0v) is 13.1. The van der Waals surface area contributed by atoms with Gasteiger partial charge in [-0.3, -0.25) is 9.36 Å². The van der Waals surface area contributed by atoms with Gasteiger partial charge in [0.05, 0.1) is 11.2 Å². The monoisotopic (exact) mass is 331 g/mol. The number of carbonyl (C=O) groups excluding carboxylic acids is 1. The number of hydrogen-bond donors (Lipinski definition) is 1. The van der Waals surface area contributed by atoms with E-state index in [-0.39, 0.29) is 12.4 Å². The largest absolute Gasteiger partial charge is 0.369 e. The zero-order chi connectivity index (χ0) is 15.1. The number of benzene rings is 1. The third kappa shape index (κ3) is 2.49. The number of aromatic nitrogens is 3. The topological polar surface area (TPSA) is 85.3 Å². The summed E-state index contributed by atoms with van der Waals surface area (Å²) in [6.07, 6.45) is 1.31. The quantitative estimate of drug-likeness (QED) is 0.736. The van der Waals surface area contributed by atoms with Crippen LogP contribution in [0.4, 0.5) is 5.82 Å². The number of para-hydroxylation sites is 1. The van der Waals surface area contributed by atoms with Gasteiger partial charge in [-0.05, 0) is 19.1 Å².